The summed E-state index contributed by atoms with van der Waals surface area (Å²) in [4.78, 5) is 28.0. The molecule has 1 amide bonds. The lowest BCUT2D eigenvalue weighted by Crippen LogP contribution is -2.31. The fourth-order valence-corrected chi connectivity index (χ4v) is 2.61. The first-order valence-electron chi connectivity index (χ1n) is 9.09. The van der Waals surface area contributed by atoms with Gasteiger partial charge in [-0.05, 0) is 36.8 Å². The normalized spacial score (nSPS) is 11.7. The summed E-state index contributed by atoms with van der Waals surface area (Å²) in [6.07, 6.45) is 0.168. The maximum absolute atomic E-state index is 13.0. The minimum absolute atomic E-state index is 0.00737. The van der Waals surface area contributed by atoms with Crippen molar-refractivity contribution in [1.82, 2.24) is 15.5 Å². The second-order valence-corrected chi connectivity index (χ2v) is 6.38. The van der Waals surface area contributed by atoms with Crippen LogP contribution in [0.5, 0.6) is 0 Å². The van der Waals surface area contributed by atoms with Gasteiger partial charge in [-0.25, -0.2) is 4.39 Å². The molecular weight excluding hydrogens is 377 g/mol. The smallest absolute Gasteiger partial charge is 0.306 e. The van der Waals surface area contributed by atoms with Crippen LogP contribution in [0.2, 0.25) is 0 Å². The number of nitrogens with one attached hydrogen (secondary N) is 1. The van der Waals surface area contributed by atoms with Gasteiger partial charge in [0.05, 0.1) is 12.5 Å². The van der Waals surface area contributed by atoms with Crippen molar-refractivity contribution in [2.45, 2.75) is 25.8 Å². The fraction of sp³-hybridized carbons (Fsp3) is 0.238. The van der Waals surface area contributed by atoms with Gasteiger partial charge in [-0.15, -0.1) is 0 Å². The number of carbonyl (C=O) groups excluding carboxylic acids is 2. The van der Waals surface area contributed by atoms with Crippen LogP contribution in [0, 0.1) is 5.82 Å². The average molecular weight is 397 g/mol. The number of ether oxygens (including phenoxy) is 1. The molecule has 150 valence electrons. The number of nitrogens with zero attached hydrogens (tertiary/aromatic N) is 2. The summed E-state index contributed by atoms with van der Waals surface area (Å²) in [6.45, 7) is 1.49. The molecule has 1 heterocycles. The molecule has 3 aromatic rings. The zero-order chi connectivity index (χ0) is 20.6. The average Bonchev–Trinajstić information content (AvgIpc) is 3.21. The van der Waals surface area contributed by atoms with Crippen LogP contribution in [-0.4, -0.2) is 28.6 Å². The van der Waals surface area contributed by atoms with Gasteiger partial charge in [0.25, 0.3) is 5.91 Å². The summed E-state index contributed by atoms with van der Waals surface area (Å²) in [5.74, 6) is -0.728. The Bertz CT molecular complexity index is 958. The molecule has 0 fully saturated rings. The number of hydrogen-bond donors (Lipinski definition) is 1. The van der Waals surface area contributed by atoms with Crippen molar-refractivity contribution in [3.63, 3.8) is 0 Å². The van der Waals surface area contributed by atoms with Crippen LogP contribution < -0.4 is 5.32 Å². The molecular formula is C21H20FN3O4. The summed E-state index contributed by atoms with van der Waals surface area (Å²) in [6, 6.07) is 15.0. The van der Waals surface area contributed by atoms with Gasteiger partial charge >= 0.3 is 5.97 Å². The van der Waals surface area contributed by atoms with E-state index in [1.807, 2.05) is 37.3 Å². The van der Waals surface area contributed by atoms with Crippen molar-refractivity contribution >= 4 is 11.9 Å². The van der Waals surface area contributed by atoms with E-state index in [1.165, 1.54) is 24.3 Å². The zero-order valence-corrected chi connectivity index (χ0v) is 15.8. The highest BCUT2D eigenvalue weighted by atomic mass is 19.1. The summed E-state index contributed by atoms with van der Waals surface area (Å²) in [5, 5.41) is 6.57. The van der Waals surface area contributed by atoms with E-state index in [9.17, 15) is 14.0 Å². The molecule has 1 aromatic heterocycles. The lowest BCUT2D eigenvalue weighted by molar-refractivity contribution is -0.148. The third-order valence-corrected chi connectivity index (χ3v) is 4.15. The van der Waals surface area contributed by atoms with Crippen LogP contribution in [-0.2, 0) is 20.7 Å². The highest BCUT2D eigenvalue weighted by molar-refractivity contribution is 5.80. The van der Waals surface area contributed by atoms with Crippen molar-refractivity contribution in [2.24, 2.45) is 0 Å². The van der Waals surface area contributed by atoms with E-state index < -0.39 is 5.97 Å². The number of halogens is 1. The molecule has 1 N–H and O–H groups in total. The molecule has 0 aliphatic carbocycles. The zero-order valence-electron chi connectivity index (χ0n) is 15.8. The molecule has 2 aromatic carbocycles. The minimum Gasteiger partial charge on any atom is -0.456 e. The summed E-state index contributed by atoms with van der Waals surface area (Å²) >= 11 is 0. The third kappa shape index (κ3) is 5.97. The van der Waals surface area contributed by atoms with Crippen molar-refractivity contribution < 1.29 is 23.2 Å². The molecule has 0 spiro atoms. The van der Waals surface area contributed by atoms with Gasteiger partial charge in [-0.1, -0.05) is 35.5 Å². The maximum atomic E-state index is 13.0. The Morgan fingerprint density at radius 3 is 2.59 bits per heavy atom. The second-order valence-electron chi connectivity index (χ2n) is 6.38. The predicted molar refractivity (Wildman–Crippen MR) is 102 cm³/mol. The van der Waals surface area contributed by atoms with Crippen LogP contribution in [0.1, 0.15) is 30.8 Å². The first-order valence-corrected chi connectivity index (χ1v) is 9.09. The van der Waals surface area contributed by atoms with E-state index >= 15 is 0 Å². The van der Waals surface area contributed by atoms with Gasteiger partial charge in [0.2, 0.25) is 11.7 Å². The predicted octanol–water partition coefficient (Wildman–Crippen LogP) is 3.23. The molecule has 29 heavy (non-hydrogen) atoms. The highest BCUT2D eigenvalue weighted by Crippen LogP contribution is 2.16. The Kier molecular flexibility index (Phi) is 6.67. The van der Waals surface area contributed by atoms with E-state index in [1.54, 1.807) is 0 Å². The molecule has 1 atom stereocenters. The quantitative estimate of drug-likeness (QED) is 0.587. The van der Waals surface area contributed by atoms with Crippen LogP contribution in [0.15, 0.2) is 59.1 Å². The van der Waals surface area contributed by atoms with Crippen molar-refractivity contribution in [3.05, 3.63) is 71.9 Å². The summed E-state index contributed by atoms with van der Waals surface area (Å²) in [7, 11) is 0. The Hall–Kier alpha value is -3.55. The Morgan fingerprint density at radius 1 is 1.14 bits per heavy atom. The fourth-order valence-electron chi connectivity index (χ4n) is 2.61. The first-order chi connectivity index (χ1) is 14.0. The van der Waals surface area contributed by atoms with Gasteiger partial charge in [0, 0.05) is 12.0 Å². The van der Waals surface area contributed by atoms with Crippen LogP contribution in [0.4, 0.5) is 4.39 Å². The molecule has 0 bridgehead atoms. The van der Waals surface area contributed by atoms with E-state index in [0.29, 0.717) is 11.4 Å². The number of amides is 1. The molecule has 0 saturated heterocycles. The van der Waals surface area contributed by atoms with Gasteiger partial charge < -0.3 is 14.6 Å². The molecule has 0 radical (unpaired) electrons. The van der Waals surface area contributed by atoms with E-state index in [4.69, 9.17) is 9.26 Å². The number of hydrogen-bond acceptors (Lipinski definition) is 6. The monoisotopic (exact) mass is 397 g/mol. The van der Waals surface area contributed by atoms with Gasteiger partial charge in [-0.2, -0.15) is 4.98 Å². The van der Waals surface area contributed by atoms with Gasteiger partial charge in [0.15, 0.2) is 6.61 Å². The van der Waals surface area contributed by atoms with Crippen molar-refractivity contribution in [2.75, 3.05) is 6.61 Å². The van der Waals surface area contributed by atoms with Gasteiger partial charge in [-0.3, -0.25) is 9.59 Å². The largest absolute Gasteiger partial charge is 0.456 e. The van der Waals surface area contributed by atoms with Crippen molar-refractivity contribution in [1.29, 1.82) is 0 Å². The number of aromatic nitrogens is 2. The number of benzene rings is 2. The summed E-state index contributed by atoms with van der Waals surface area (Å²) in [5.41, 5.74) is 1.56. The molecule has 1 unspecified atom stereocenters. The SMILES string of the molecule is CC(NC(=O)COC(=O)CCc1nc(-c2ccc(F)cc2)no1)c1ccccc1. The topological polar surface area (TPSA) is 94.3 Å². The molecule has 8 heteroatoms. The molecule has 0 aliphatic heterocycles. The molecule has 3 rings (SSSR count). The number of esters is 1. The van der Waals surface area contributed by atoms with E-state index in [2.05, 4.69) is 15.5 Å². The number of rotatable bonds is 8. The molecule has 7 nitrogen and oxygen atoms in total. The Labute approximate surface area is 166 Å². The highest BCUT2D eigenvalue weighted by Gasteiger charge is 2.14. The maximum Gasteiger partial charge on any atom is 0.306 e. The van der Waals surface area contributed by atoms with Gasteiger partial charge in [0.1, 0.15) is 5.82 Å². The molecule has 0 aliphatic rings. The van der Waals surface area contributed by atoms with Crippen molar-refractivity contribution in [3.8, 4) is 11.4 Å². The number of carbonyl (C=O) groups is 2. The standard InChI is InChI=1S/C21H20FN3O4/c1-14(15-5-3-2-4-6-15)23-18(26)13-28-20(27)12-11-19-24-21(25-29-19)16-7-9-17(22)10-8-16/h2-10,14H,11-13H2,1H3,(H,23,26). The first kappa shape index (κ1) is 20.2. The van der Waals surface area contributed by atoms with E-state index in [-0.39, 0.29) is 43.1 Å². The van der Waals surface area contributed by atoms with Crippen LogP contribution in [0.3, 0.4) is 0 Å². The second kappa shape index (κ2) is 9.59. The Morgan fingerprint density at radius 2 is 1.86 bits per heavy atom. The van der Waals surface area contributed by atoms with Crippen LogP contribution >= 0.6 is 0 Å². The lowest BCUT2D eigenvalue weighted by Gasteiger charge is -2.14. The molecule has 0 saturated carbocycles. The third-order valence-electron chi connectivity index (χ3n) is 4.15. The van der Waals surface area contributed by atoms with Crippen LogP contribution in [0.25, 0.3) is 11.4 Å². The summed E-state index contributed by atoms with van der Waals surface area (Å²) < 4.78 is 23.0. The minimum atomic E-state index is -0.547. The lowest BCUT2D eigenvalue weighted by atomic mass is 10.1. The Balaban J connectivity index is 1.41. The number of aryl methyl sites for hydroxylation is 1. The van der Waals surface area contributed by atoms with E-state index in [0.717, 1.165) is 5.56 Å².